The highest BCUT2D eigenvalue weighted by molar-refractivity contribution is 8.00. The number of nitro groups is 1. The molecule has 4 rings (SSSR count). The first kappa shape index (κ1) is 22.4. The van der Waals surface area contributed by atoms with Crippen molar-refractivity contribution in [3.8, 4) is 0 Å². The summed E-state index contributed by atoms with van der Waals surface area (Å²) in [5.41, 5.74) is 1.08. The molecule has 0 aliphatic carbocycles. The zero-order valence-electron chi connectivity index (χ0n) is 17.3. The minimum absolute atomic E-state index is 0.0166. The molecule has 166 valence electrons. The first-order valence-corrected chi connectivity index (χ1v) is 11.7. The highest BCUT2D eigenvalue weighted by Gasteiger charge is 2.46. The lowest BCUT2D eigenvalue weighted by molar-refractivity contribution is -0.384. The van der Waals surface area contributed by atoms with Crippen molar-refractivity contribution < 1.29 is 14.5 Å². The van der Waals surface area contributed by atoms with E-state index < -0.39 is 4.92 Å². The monoisotopic (exact) mass is 471 g/mol. The maximum absolute atomic E-state index is 13.0. The fourth-order valence-electron chi connectivity index (χ4n) is 4.18. The van der Waals surface area contributed by atoms with Crippen LogP contribution < -0.4 is 0 Å². The Kier molecular flexibility index (Phi) is 6.53. The predicted molar refractivity (Wildman–Crippen MR) is 126 cm³/mol. The number of benzene rings is 2. The molecule has 2 saturated heterocycles. The molecule has 2 amide bonds. The van der Waals surface area contributed by atoms with Crippen LogP contribution in [0, 0.1) is 10.1 Å². The van der Waals surface area contributed by atoms with Crippen molar-refractivity contribution in [2.24, 2.45) is 0 Å². The molecular weight excluding hydrogens is 450 g/mol. The molecule has 2 aromatic rings. The molecular formula is C23H22ClN3O4S. The second kappa shape index (κ2) is 9.34. The molecule has 0 N–H and O–H groups in total. The molecule has 9 heteroatoms. The summed E-state index contributed by atoms with van der Waals surface area (Å²) in [6.45, 7) is 1.67. The first-order chi connectivity index (χ1) is 15.4. The minimum atomic E-state index is -0.542. The van der Waals surface area contributed by atoms with Gasteiger partial charge in [0.05, 0.1) is 20.4 Å². The zero-order valence-corrected chi connectivity index (χ0v) is 18.8. The fourth-order valence-corrected chi connectivity index (χ4v) is 5.89. The van der Waals surface area contributed by atoms with Crippen LogP contribution in [0.15, 0.2) is 54.6 Å². The van der Waals surface area contributed by atoms with Gasteiger partial charge in [-0.05, 0) is 30.5 Å². The number of hydrogen-bond donors (Lipinski definition) is 0. The summed E-state index contributed by atoms with van der Waals surface area (Å²) in [5, 5.41) is 11.0. The van der Waals surface area contributed by atoms with E-state index in [1.165, 1.54) is 18.2 Å². The number of amides is 2. The Balaban J connectivity index is 1.42. The Morgan fingerprint density at radius 1 is 1.09 bits per heavy atom. The number of hydrogen-bond acceptors (Lipinski definition) is 5. The largest absolute Gasteiger partial charge is 0.338 e. The summed E-state index contributed by atoms with van der Waals surface area (Å²) in [5.74, 6) is 0.606. The Hall–Kier alpha value is -2.84. The first-order valence-electron chi connectivity index (χ1n) is 10.3. The van der Waals surface area contributed by atoms with Crippen LogP contribution in [0.25, 0.3) is 6.08 Å². The van der Waals surface area contributed by atoms with Crippen LogP contribution in [0.4, 0.5) is 5.69 Å². The van der Waals surface area contributed by atoms with E-state index in [1.807, 2.05) is 41.3 Å². The summed E-state index contributed by atoms with van der Waals surface area (Å²) in [4.78, 5) is 39.6. The smallest absolute Gasteiger partial charge is 0.270 e. The number of thioether (sulfide) groups is 1. The quantitative estimate of drug-likeness (QED) is 0.373. The van der Waals surface area contributed by atoms with E-state index in [0.29, 0.717) is 32.5 Å². The number of likely N-dealkylation sites (tertiary alicyclic amines) is 1. The van der Waals surface area contributed by atoms with E-state index in [1.54, 1.807) is 22.7 Å². The lowest BCUT2D eigenvalue weighted by Crippen LogP contribution is -2.53. The number of piperidine rings is 1. The molecule has 0 aromatic heterocycles. The van der Waals surface area contributed by atoms with Crippen molar-refractivity contribution in [3.05, 3.63) is 80.9 Å². The van der Waals surface area contributed by atoms with Gasteiger partial charge in [-0.1, -0.05) is 41.9 Å². The molecule has 2 aliphatic rings. The van der Waals surface area contributed by atoms with Crippen molar-refractivity contribution in [1.82, 2.24) is 9.80 Å². The summed E-state index contributed by atoms with van der Waals surface area (Å²) in [6, 6.07) is 13.6. The van der Waals surface area contributed by atoms with Crippen LogP contribution in [0.1, 0.15) is 28.8 Å². The number of nitro benzene ring substituents is 1. The molecule has 0 bridgehead atoms. The van der Waals surface area contributed by atoms with Crippen molar-refractivity contribution in [2.75, 3.05) is 25.4 Å². The van der Waals surface area contributed by atoms with E-state index in [2.05, 4.69) is 0 Å². The Bertz CT molecular complexity index is 1070. The molecule has 2 aromatic carbocycles. The number of rotatable bonds is 4. The maximum atomic E-state index is 13.0. The second-order valence-corrected chi connectivity index (χ2v) is 9.61. The zero-order chi connectivity index (χ0) is 22.7. The van der Waals surface area contributed by atoms with Gasteiger partial charge in [-0.15, -0.1) is 11.8 Å². The van der Waals surface area contributed by atoms with Gasteiger partial charge in [0.15, 0.2) is 0 Å². The standard InChI is InChI=1S/C23H22ClN3O4S/c24-20-16-18(27(30)31)7-8-19(20)22(29)25-12-10-23(11-13-25)26(14-15-32-23)21(28)9-6-17-4-2-1-3-5-17/h1-9,16H,10-15H2. The van der Waals surface area contributed by atoms with Crippen molar-refractivity contribution in [3.63, 3.8) is 0 Å². The summed E-state index contributed by atoms with van der Waals surface area (Å²) in [7, 11) is 0. The van der Waals surface area contributed by atoms with Crippen LogP contribution >= 0.6 is 23.4 Å². The lowest BCUT2D eigenvalue weighted by Gasteiger charge is -2.43. The molecule has 0 unspecified atom stereocenters. The third-order valence-corrected chi connectivity index (χ3v) is 7.75. The van der Waals surface area contributed by atoms with Crippen molar-refractivity contribution in [1.29, 1.82) is 0 Å². The predicted octanol–water partition coefficient (Wildman–Crippen LogP) is 4.47. The molecule has 0 radical (unpaired) electrons. The average Bonchev–Trinajstić information content (AvgIpc) is 3.21. The molecule has 0 atom stereocenters. The van der Waals surface area contributed by atoms with Gasteiger partial charge in [0.1, 0.15) is 0 Å². The second-order valence-electron chi connectivity index (χ2n) is 7.74. The summed E-state index contributed by atoms with van der Waals surface area (Å²) >= 11 is 7.92. The van der Waals surface area contributed by atoms with Crippen LogP contribution in [0.5, 0.6) is 0 Å². The van der Waals surface area contributed by atoms with Crippen molar-refractivity contribution in [2.45, 2.75) is 17.7 Å². The van der Waals surface area contributed by atoms with Gasteiger partial charge >= 0.3 is 0 Å². The maximum Gasteiger partial charge on any atom is 0.270 e. The van der Waals surface area contributed by atoms with Gasteiger partial charge in [0.25, 0.3) is 11.6 Å². The average molecular weight is 472 g/mol. The minimum Gasteiger partial charge on any atom is -0.338 e. The third kappa shape index (κ3) is 4.52. The van der Waals surface area contributed by atoms with Crippen LogP contribution in [-0.2, 0) is 4.79 Å². The van der Waals surface area contributed by atoms with E-state index >= 15 is 0 Å². The fraction of sp³-hybridized carbons (Fsp3) is 0.304. The number of nitrogens with zero attached hydrogens (tertiary/aromatic N) is 3. The summed E-state index contributed by atoms with van der Waals surface area (Å²) < 4.78 is 0. The third-order valence-electron chi connectivity index (χ3n) is 5.89. The van der Waals surface area contributed by atoms with Crippen molar-refractivity contribution >= 4 is 46.9 Å². The number of halogens is 1. The van der Waals surface area contributed by atoms with Gasteiger partial charge in [-0.2, -0.15) is 0 Å². The van der Waals surface area contributed by atoms with Crippen LogP contribution in [-0.4, -0.2) is 56.8 Å². The molecule has 2 aliphatic heterocycles. The van der Waals surface area contributed by atoms with Gasteiger partial charge in [0, 0.05) is 43.6 Å². The molecule has 2 heterocycles. The Labute approximate surface area is 195 Å². The highest BCUT2D eigenvalue weighted by Crippen LogP contribution is 2.44. The molecule has 0 saturated carbocycles. The Morgan fingerprint density at radius 3 is 2.47 bits per heavy atom. The SMILES string of the molecule is O=C(c1ccc([N+](=O)[O-])cc1Cl)N1CCC2(CC1)SCCN2C(=O)C=Cc1ccccc1. The van der Waals surface area contributed by atoms with Gasteiger partial charge < -0.3 is 9.80 Å². The highest BCUT2D eigenvalue weighted by atomic mass is 35.5. The van der Waals surface area contributed by atoms with Gasteiger partial charge in [-0.25, -0.2) is 0 Å². The Morgan fingerprint density at radius 2 is 1.81 bits per heavy atom. The summed E-state index contributed by atoms with van der Waals surface area (Å²) in [6.07, 6.45) is 4.78. The van der Waals surface area contributed by atoms with Gasteiger partial charge in [-0.3, -0.25) is 19.7 Å². The number of carbonyl (C=O) groups excluding carboxylic acids is 2. The molecule has 32 heavy (non-hydrogen) atoms. The van der Waals surface area contributed by atoms with E-state index in [9.17, 15) is 19.7 Å². The molecule has 2 fully saturated rings. The number of non-ortho nitro benzene ring substituents is 1. The normalized spacial score (nSPS) is 17.8. The molecule has 7 nitrogen and oxygen atoms in total. The molecule has 1 spiro atoms. The lowest BCUT2D eigenvalue weighted by atomic mass is 10.0. The topological polar surface area (TPSA) is 83.8 Å². The number of carbonyl (C=O) groups is 2. The van der Waals surface area contributed by atoms with E-state index in [-0.39, 0.29) is 33.0 Å². The van der Waals surface area contributed by atoms with E-state index in [0.717, 1.165) is 11.3 Å². The van der Waals surface area contributed by atoms with Gasteiger partial charge in [0.2, 0.25) is 5.91 Å². The van der Waals surface area contributed by atoms with Crippen LogP contribution in [0.3, 0.4) is 0 Å². The van der Waals surface area contributed by atoms with Crippen LogP contribution in [0.2, 0.25) is 5.02 Å². The van der Waals surface area contributed by atoms with E-state index in [4.69, 9.17) is 11.6 Å².